The Labute approximate surface area is 158 Å². The molecule has 0 bridgehead atoms. The molecule has 3 aromatic carbocycles. The molecule has 134 valence electrons. The van der Waals surface area contributed by atoms with E-state index in [1.807, 2.05) is 0 Å². The lowest BCUT2D eigenvalue weighted by atomic mass is 9.90. The van der Waals surface area contributed by atoms with Crippen molar-refractivity contribution in [3.8, 4) is 22.3 Å². The van der Waals surface area contributed by atoms with Gasteiger partial charge in [-0.25, -0.2) is 0 Å². The summed E-state index contributed by atoms with van der Waals surface area (Å²) in [5.74, 6) is 0. The van der Waals surface area contributed by atoms with Crippen LogP contribution in [0, 0.1) is 13.8 Å². The maximum atomic E-state index is 2.44. The van der Waals surface area contributed by atoms with Gasteiger partial charge in [0.05, 0.1) is 0 Å². The van der Waals surface area contributed by atoms with Crippen molar-refractivity contribution in [1.82, 2.24) is 0 Å². The molecule has 3 rings (SSSR count). The summed E-state index contributed by atoms with van der Waals surface area (Å²) >= 11 is 0. The lowest BCUT2D eigenvalue weighted by molar-refractivity contribution is 0.897. The van der Waals surface area contributed by atoms with E-state index in [-0.39, 0.29) is 0 Å². The van der Waals surface area contributed by atoms with Gasteiger partial charge < -0.3 is 0 Å². The van der Waals surface area contributed by atoms with E-state index in [4.69, 9.17) is 0 Å². The van der Waals surface area contributed by atoms with Crippen LogP contribution in [-0.4, -0.2) is 0 Å². The van der Waals surface area contributed by atoms with Crippen LogP contribution in [0.3, 0.4) is 0 Å². The zero-order chi connectivity index (χ0) is 18.5. The molecule has 0 aliphatic rings. The number of hydrogen-bond donors (Lipinski definition) is 0. The first-order valence-corrected chi connectivity index (χ1v) is 9.92. The predicted octanol–water partition coefficient (Wildman–Crippen LogP) is 7.54. The Kier molecular flexibility index (Phi) is 5.93. The van der Waals surface area contributed by atoms with Crippen molar-refractivity contribution >= 4 is 0 Å². The highest BCUT2D eigenvalue weighted by molar-refractivity contribution is 5.73. The minimum atomic E-state index is 1.14. The largest absolute Gasteiger partial charge is 0.0651 e. The van der Waals surface area contributed by atoms with Crippen LogP contribution in [0.2, 0.25) is 0 Å². The molecule has 0 saturated carbocycles. The molecule has 3 aromatic rings. The summed E-state index contributed by atoms with van der Waals surface area (Å²) in [4.78, 5) is 0. The molecule has 0 unspecified atom stereocenters. The lowest BCUT2D eigenvalue weighted by Gasteiger charge is -2.15. The van der Waals surface area contributed by atoms with Crippen molar-refractivity contribution in [3.05, 3.63) is 82.9 Å². The van der Waals surface area contributed by atoms with E-state index in [1.165, 1.54) is 57.3 Å². The molecule has 0 amide bonds. The summed E-state index contributed by atoms with van der Waals surface area (Å²) < 4.78 is 0. The van der Waals surface area contributed by atoms with Gasteiger partial charge in [-0.3, -0.25) is 0 Å². The molecule has 0 radical (unpaired) electrons. The van der Waals surface area contributed by atoms with E-state index >= 15 is 0 Å². The van der Waals surface area contributed by atoms with Crippen LogP contribution in [0.4, 0.5) is 0 Å². The van der Waals surface area contributed by atoms with Crippen molar-refractivity contribution in [2.45, 2.75) is 53.4 Å². The maximum absolute atomic E-state index is 2.44. The van der Waals surface area contributed by atoms with Gasteiger partial charge in [-0.05, 0) is 65.6 Å². The number of aryl methyl sites for hydroxylation is 4. The third kappa shape index (κ3) is 4.07. The first-order valence-electron chi connectivity index (χ1n) is 9.92. The monoisotopic (exact) mass is 342 g/mol. The fourth-order valence-corrected chi connectivity index (χ4v) is 3.68. The summed E-state index contributed by atoms with van der Waals surface area (Å²) in [5, 5.41) is 0. The topological polar surface area (TPSA) is 0 Å². The summed E-state index contributed by atoms with van der Waals surface area (Å²) in [6, 6.07) is 22.7. The smallest absolute Gasteiger partial charge is 0.0149 e. The van der Waals surface area contributed by atoms with Crippen molar-refractivity contribution in [1.29, 1.82) is 0 Å². The minimum absolute atomic E-state index is 1.14. The van der Waals surface area contributed by atoms with Gasteiger partial charge in [-0.2, -0.15) is 0 Å². The van der Waals surface area contributed by atoms with Crippen LogP contribution < -0.4 is 0 Å². The average Bonchev–Trinajstić information content (AvgIpc) is 2.65. The van der Waals surface area contributed by atoms with Gasteiger partial charge in [0.2, 0.25) is 0 Å². The summed E-state index contributed by atoms with van der Waals surface area (Å²) in [6.07, 6.45) is 4.68. The molecule has 0 fully saturated rings. The Morgan fingerprint density at radius 2 is 1.08 bits per heavy atom. The predicted molar refractivity (Wildman–Crippen MR) is 115 cm³/mol. The standard InChI is InChI=1S/C26H30/c1-5-7-24-18-26(25(8-6-2)17-20(24)4)23-15-13-22(14-16-23)21-11-9-19(3)10-12-21/h9-18H,5-8H2,1-4H3. The molecule has 26 heavy (non-hydrogen) atoms. The first-order chi connectivity index (χ1) is 12.6. The van der Waals surface area contributed by atoms with E-state index in [0.29, 0.717) is 0 Å². The van der Waals surface area contributed by atoms with Gasteiger partial charge >= 0.3 is 0 Å². The Hall–Kier alpha value is -2.34. The molecule has 0 atom stereocenters. The highest BCUT2D eigenvalue weighted by atomic mass is 14.1. The van der Waals surface area contributed by atoms with E-state index in [0.717, 1.165) is 12.8 Å². The van der Waals surface area contributed by atoms with E-state index in [2.05, 4.69) is 88.4 Å². The van der Waals surface area contributed by atoms with Crippen molar-refractivity contribution in [2.75, 3.05) is 0 Å². The third-order valence-corrected chi connectivity index (χ3v) is 5.18. The fraction of sp³-hybridized carbons (Fsp3) is 0.308. The van der Waals surface area contributed by atoms with Crippen LogP contribution in [0.1, 0.15) is 48.9 Å². The van der Waals surface area contributed by atoms with E-state index < -0.39 is 0 Å². The van der Waals surface area contributed by atoms with Gasteiger partial charge in [-0.15, -0.1) is 0 Å². The maximum Gasteiger partial charge on any atom is -0.0149 e. The van der Waals surface area contributed by atoms with Crippen molar-refractivity contribution in [2.24, 2.45) is 0 Å². The van der Waals surface area contributed by atoms with Gasteiger partial charge in [0.25, 0.3) is 0 Å². The van der Waals surface area contributed by atoms with Crippen LogP contribution in [-0.2, 0) is 12.8 Å². The van der Waals surface area contributed by atoms with E-state index in [9.17, 15) is 0 Å². The number of benzene rings is 3. The summed E-state index contributed by atoms with van der Waals surface area (Å²) in [7, 11) is 0. The Bertz CT molecular complexity index is 852. The zero-order valence-electron chi connectivity index (χ0n) is 16.6. The number of rotatable bonds is 6. The molecule has 0 aliphatic carbocycles. The third-order valence-electron chi connectivity index (χ3n) is 5.18. The van der Waals surface area contributed by atoms with E-state index in [1.54, 1.807) is 0 Å². The molecule has 0 heteroatoms. The minimum Gasteiger partial charge on any atom is -0.0651 e. The molecule has 0 heterocycles. The molecule has 0 aromatic heterocycles. The van der Waals surface area contributed by atoms with Gasteiger partial charge in [0.15, 0.2) is 0 Å². The average molecular weight is 343 g/mol. The second-order valence-electron chi connectivity index (χ2n) is 7.38. The normalized spacial score (nSPS) is 10.9. The second-order valence-corrected chi connectivity index (χ2v) is 7.38. The van der Waals surface area contributed by atoms with Crippen molar-refractivity contribution in [3.63, 3.8) is 0 Å². The summed E-state index contributed by atoms with van der Waals surface area (Å²) in [6.45, 7) is 8.91. The quantitative estimate of drug-likeness (QED) is 0.434. The first kappa shape index (κ1) is 18.5. The molecule has 0 N–H and O–H groups in total. The number of hydrogen-bond acceptors (Lipinski definition) is 0. The highest BCUT2D eigenvalue weighted by Crippen LogP contribution is 2.31. The van der Waals surface area contributed by atoms with Crippen molar-refractivity contribution < 1.29 is 0 Å². The highest BCUT2D eigenvalue weighted by Gasteiger charge is 2.09. The molecular formula is C26H30. The fourth-order valence-electron chi connectivity index (χ4n) is 3.68. The molecule has 0 saturated heterocycles. The van der Waals surface area contributed by atoms with Gasteiger partial charge in [-0.1, -0.05) is 92.9 Å². The van der Waals surface area contributed by atoms with Crippen LogP contribution >= 0.6 is 0 Å². The molecule has 0 aliphatic heterocycles. The Morgan fingerprint density at radius 1 is 0.577 bits per heavy atom. The van der Waals surface area contributed by atoms with Crippen LogP contribution in [0.25, 0.3) is 22.3 Å². The molecule has 0 spiro atoms. The summed E-state index contributed by atoms with van der Waals surface area (Å²) in [5.41, 5.74) is 11.0. The zero-order valence-corrected chi connectivity index (χ0v) is 16.6. The van der Waals surface area contributed by atoms with Gasteiger partial charge in [0, 0.05) is 0 Å². The SMILES string of the molecule is CCCc1cc(-c2ccc(-c3ccc(C)cc3)cc2)c(CCC)cc1C. The Morgan fingerprint density at radius 3 is 1.65 bits per heavy atom. The van der Waals surface area contributed by atoms with Crippen LogP contribution in [0.5, 0.6) is 0 Å². The van der Waals surface area contributed by atoms with Gasteiger partial charge in [0.1, 0.15) is 0 Å². The molecular weight excluding hydrogens is 312 g/mol. The molecule has 0 nitrogen and oxygen atoms in total. The lowest BCUT2D eigenvalue weighted by Crippen LogP contribution is -1.96. The van der Waals surface area contributed by atoms with Crippen LogP contribution in [0.15, 0.2) is 60.7 Å². The second kappa shape index (κ2) is 8.36. The Balaban J connectivity index is 1.99.